The van der Waals surface area contributed by atoms with Gasteiger partial charge in [0.1, 0.15) is 12.7 Å². The summed E-state index contributed by atoms with van der Waals surface area (Å²) in [5.41, 5.74) is 3.59. The number of anilines is 1. The summed E-state index contributed by atoms with van der Waals surface area (Å²) in [5.74, 6) is 0.993. The van der Waals surface area contributed by atoms with Gasteiger partial charge in [-0.05, 0) is 42.5 Å². The van der Waals surface area contributed by atoms with E-state index in [-0.39, 0.29) is 12.1 Å². The van der Waals surface area contributed by atoms with E-state index in [1.807, 2.05) is 0 Å². The van der Waals surface area contributed by atoms with Gasteiger partial charge in [-0.25, -0.2) is 0 Å². The Kier molecular flexibility index (Phi) is 6.20. The van der Waals surface area contributed by atoms with E-state index in [0.29, 0.717) is 6.61 Å². The zero-order chi connectivity index (χ0) is 23.8. The van der Waals surface area contributed by atoms with Crippen LogP contribution in [-0.2, 0) is 4.74 Å². The van der Waals surface area contributed by atoms with Crippen LogP contribution in [0.3, 0.4) is 0 Å². The molecule has 2 unspecified atom stereocenters. The van der Waals surface area contributed by atoms with Gasteiger partial charge in [0.15, 0.2) is 5.75 Å². The topological polar surface area (TPSA) is 24.9 Å². The van der Waals surface area contributed by atoms with Crippen molar-refractivity contribution in [1.29, 1.82) is 0 Å². The molecule has 3 aromatic rings. The molecule has 0 amide bonds. The lowest BCUT2D eigenvalue weighted by molar-refractivity contribution is -0.0152. The van der Waals surface area contributed by atoms with Crippen LogP contribution in [0.2, 0.25) is 0 Å². The van der Waals surface area contributed by atoms with Crippen molar-refractivity contribution in [2.45, 2.75) is 12.1 Å². The van der Waals surface area contributed by atoms with Gasteiger partial charge in [-0.1, -0.05) is 85.0 Å². The van der Waals surface area contributed by atoms with Gasteiger partial charge in [0.05, 0.1) is 24.9 Å². The van der Waals surface area contributed by atoms with Crippen molar-refractivity contribution in [3.63, 3.8) is 0 Å². The first-order valence-electron chi connectivity index (χ1n) is 12.3. The van der Waals surface area contributed by atoms with Crippen LogP contribution < -0.4 is 25.6 Å². The van der Waals surface area contributed by atoms with Crippen LogP contribution in [0.25, 0.3) is 5.57 Å². The molecule has 2 atom stereocenters. The number of morpholine rings is 1. The van der Waals surface area contributed by atoms with E-state index in [1.165, 1.54) is 27.1 Å². The second-order valence-corrected chi connectivity index (χ2v) is 11.5. The number of benzene rings is 3. The summed E-state index contributed by atoms with van der Waals surface area (Å²) in [5, 5.41) is 4.00. The summed E-state index contributed by atoms with van der Waals surface area (Å²) in [6.45, 7) is 3.26. The molecular formula is C30H31N2O2P. The summed E-state index contributed by atoms with van der Waals surface area (Å²) in [6.07, 6.45) is 6.71. The fourth-order valence-electron chi connectivity index (χ4n) is 5.38. The van der Waals surface area contributed by atoms with E-state index in [2.05, 4.69) is 115 Å². The standard InChI is InChI=1S/C30H31N2O2P/c1-31-18-20-33-29-24(14-9-15-25(29)31)28-27(17-16-26-30(28)34-21-19-32(26)2)35(22-10-5-3-6-11-22)23-12-7-4-8-13-23/h3-17,25,29H,18-21H2,1-2H3. The molecule has 5 heteroatoms. The number of hydrogen-bond donors (Lipinski definition) is 0. The first-order chi connectivity index (χ1) is 17.2. The summed E-state index contributed by atoms with van der Waals surface area (Å²) in [6, 6.07) is 26.6. The van der Waals surface area contributed by atoms with Gasteiger partial charge in [-0.3, -0.25) is 4.90 Å². The molecule has 0 radical (unpaired) electrons. The highest BCUT2D eigenvalue weighted by molar-refractivity contribution is 7.80. The van der Waals surface area contributed by atoms with E-state index in [0.717, 1.165) is 31.1 Å². The maximum atomic E-state index is 6.48. The quantitative estimate of drug-likeness (QED) is 0.527. The first-order valence-corrected chi connectivity index (χ1v) is 13.7. The Morgan fingerprint density at radius 3 is 2.26 bits per heavy atom. The average molecular weight is 483 g/mol. The molecule has 6 rings (SSSR count). The summed E-state index contributed by atoms with van der Waals surface area (Å²) in [7, 11) is 3.56. The third kappa shape index (κ3) is 4.10. The molecule has 1 saturated heterocycles. The average Bonchev–Trinajstić information content (AvgIpc) is 2.90. The van der Waals surface area contributed by atoms with Crippen molar-refractivity contribution in [3.05, 3.63) is 96.6 Å². The zero-order valence-electron chi connectivity index (χ0n) is 20.3. The summed E-state index contributed by atoms with van der Waals surface area (Å²) < 4.78 is 12.9. The molecule has 178 valence electrons. The van der Waals surface area contributed by atoms with E-state index in [9.17, 15) is 0 Å². The summed E-state index contributed by atoms with van der Waals surface area (Å²) >= 11 is 0. The highest BCUT2D eigenvalue weighted by Crippen LogP contribution is 2.46. The number of hydrogen-bond acceptors (Lipinski definition) is 4. The maximum Gasteiger partial charge on any atom is 0.150 e. The second-order valence-electron chi connectivity index (χ2n) is 9.35. The van der Waals surface area contributed by atoms with Gasteiger partial charge in [-0.15, -0.1) is 0 Å². The fourth-order valence-corrected chi connectivity index (χ4v) is 7.85. The Morgan fingerprint density at radius 1 is 0.829 bits per heavy atom. The molecule has 3 aliphatic rings. The van der Waals surface area contributed by atoms with E-state index in [1.54, 1.807) is 0 Å². The molecule has 4 nitrogen and oxygen atoms in total. The molecule has 2 heterocycles. The number of allylic oxidation sites excluding steroid dienone is 2. The van der Waals surface area contributed by atoms with Crippen LogP contribution >= 0.6 is 7.92 Å². The monoisotopic (exact) mass is 482 g/mol. The van der Waals surface area contributed by atoms with Crippen LogP contribution in [0.4, 0.5) is 5.69 Å². The molecule has 0 aromatic heterocycles. The van der Waals surface area contributed by atoms with Crippen LogP contribution in [0.15, 0.2) is 91.0 Å². The molecule has 1 fully saturated rings. The lowest BCUT2D eigenvalue weighted by Gasteiger charge is -2.41. The smallest absolute Gasteiger partial charge is 0.150 e. The van der Waals surface area contributed by atoms with E-state index >= 15 is 0 Å². The van der Waals surface area contributed by atoms with Crippen molar-refractivity contribution in [3.8, 4) is 5.75 Å². The number of rotatable bonds is 4. The van der Waals surface area contributed by atoms with Gasteiger partial charge in [0.25, 0.3) is 0 Å². The lowest BCUT2D eigenvalue weighted by atomic mass is 9.88. The maximum absolute atomic E-state index is 6.48. The van der Waals surface area contributed by atoms with Gasteiger partial charge >= 0.3 is 0 Å². The SMILES string of the molecule is CN1CCOc2c1ccc(P(c1ccccc1)c1ccccc1)c2C1=CC=CC2C1OCCN2C. The highest BCUT2D eigenvalue weighted by Gasteiger charge is 2.37. The second kappa shape index (κ2) is 9.62. The zero-order valence-corrected chi connectivity index (χ0v) is 21.2. The van der Waals surface area contributed by atoms with Crippen molar-refractivity contribution in [1.82, 2.24) is 4.90 Å². The molecule has 0 bridgehead atoms. The molecule has 0 saturated carbocycles. The molecule has 2 aliphatic heterocycles. The Bertz CT molecular complexity index is 1220. The fraction of sp³-hybridized carbons (Fsp3) is 0.267. The van der Waals surface area contributed by atoms with Crippen molar-refractivity contribution < 1.29 is 9.47 Å². The minimum atomic E-state index is -0.789. The molecule has 0 N–H and O–H groups in total. The van der Waals surface area contributed by atoms with Crippen molar-refractivity contribution >= 4 is 35.1 Å². The largest absolute Gasteiger partial charge is 0.489 e. The predicted molar refractivity (Wildman–Crippen MR) is 147 cm³/mol. The van der Waals surface area contributed by atoms with Crippen LogP contribution in [0.1, 0.15) is 5.56 Å². The number of ether oxygens (including phenoxy) is 2. The number of nitrogens with zero attached hydrogens (tertiary/aromatic N) is 2. The van der Waals surface area contributed by atoms with Gasteiger partial charge in [0, 0.05) is 19.2 Å². The Hall–Kier alpha value is -2.91. The molecule has 35 heavy (non-hydrogen) atoms. The predicted octanol–water partition coefficient (Wildman–Crippen LogP) is 3.93. The van der Waals surface area contributed by atoms with Crippen LogP contribution in [-0.4, -0.2) is 57.4 Å². The Labute approximate surface area is 209 Å². The minimum Gasteiger partial charge on any atom is -0.489 e. The molecule has 0 spiro atoms. The Morgan fingerprint density at radius 2 is 1.54 bits per heavy atom. The molecular weight excluding hydrogens is 451 g/mol. The third-order valence-electron chi connectivity index (χ3n) is 7.21. The summed E-state index contributed by atoms with van der Waals surface area (Å²) in [4.78, 5) is 4.71. The molecule has 1 aliphatic carbocycles. The minimum absolute atomic E-state index is 0.0109. The van der Waals surface area contributed by atoms with Crippen molar-refractivity contribution in [2.24, 2.45) is 0 Å². The molecule has 3 aromatic carbocycles. The van der Waals surface area contributed by atoms with Gasteiger partial charge < -0.3 is 14.4 Å². The first kappa shape index (κ1) is 22.5. The van der Waals surface area contributed by atoms with Crippen LogP contribution in [0, 0.1) is 0 Å². The Balaban J connectivity index is 1.60. The number of fused-ring (bicyclic) bond motifs is 2. The van der Waals surface area contributed by atoms with Gasteiger partial charge in [-0.2, -0.15) is 0 Å². The normalized spacial score (nSPS) is 21.8. The van der Waals surface area contributed by atoms with E-state index in [4.69, 9.17) is 9.47 Å². The van der Waals surface area contributed by atoms with Crippen LogP contribution in [0.5, 0.6) is 5.75 Å². The third-order valence-corrected chi connectivity index (χ3v) is 9.69. The van der Waals surface area contributed by atoms with Gasteiger partial charge in [0.2, 0.25) is 0 Å². The highest BCUT2D eigenvalue weighted by atomic mass is 31.1. The lowest BCUT2D eigenvalue weighted by Crippen LogP contribution is -2.49. The van der Waals surface area contributed by atoms with E-state index < -0.39 is 7.92 Å². The number of likely N-dealkylation sites (N-methyl/N-ethyl adjacent to an activating group) is 2. The van der Waals surface area contributed by atoms with Crippen molar-refractivity contribution in [2.75, 3.05) is 45.3 Å².